The van der Waals surface area contributed by atoms with Crippen molar-refractivity contribution in [1.29, 1.82) is 0 Å². The molecule has 0 saturated carbocycles. The molecule has 0 aliphatic rings. The van der Waals surface area contributed by atoms with E-state index in [0.717, 1.165) is 6.07 Å². The Morgan fingerprint density at radius 2 is 2.04 bits per heavy atom. The van der Waals surface area contributed by atoms with Crippen LogP contribution in [0.4, 0.5) is 4.39 Å². The Morgan fingerprint density at radius 3 is 2.78 bits per heavy atom. The fourth-order valence-corrected chi connectivity index (χ4v) is 2.59. The number of phenols is 1. The SMILES string of the molecule is COc1cccnc1-c1ccc(C(=O)N=Cc2cccc(C)c2O)cc1F. The summed E-state index contributed by atoms with van der Waals surface area (Å²) < 4.78 is 19.8. The number of hydrogen-bond acceptors (Lipinski definition) is 4. The Balaban J connectivity index is 1.88. The zero-order valence-electron chi connectivity index (χ0n) is 14.8. The van der Waals surface area contributed by atoms with Crippen LogP contribution in [-0.4, -0.2) is 29.3 Å². The third-order valence-electron chi connectivity index (χ3n) is 4.05. The van der Waals surface area contributed by atoms with Crippen LogP contribution >= 0.6 is 0 Å². The van der Waals surface area contributed by atoms with Crippen molar-refractivity contribution in [3.63, 3.8) is 0 Å². The van der Waals surface area contributed by atoms with Gasteiger partial charge in [0.2, 0.25) is 0 Å². The van der Waals surface area contributed by atoms with E-state index in [1.54, 1.807) is 37.3 Å². The number of phenolic OH excluding ortho intramolecular Hbond substituents is 1. The maximum atomic E-state index is 14.6. The molecule has 0 aliphatic carbocycles. The first-order chi connectivity index (χ1) is 13.0. The van der Waals surface area contributed by atoms with Gasteiger partial charge < -0.3 is 9.84 Å². The van der Waals surface area contributed by atoms with E-state index in [1.165, 1.54) is 31.7 Å². The van der Waals surface area contributed by atoms with Crippen molar-refractivity contribution in [2.45, 2.75) is 6.92 Å². The third kappa shape index (κ3) is 3.84. The zero-order chi connectivity index (χ0) is 19.4. The molecule has 0 unspecified atom stereocenters. The molecule has 1 amide bonds. The fourth-order valence-electron chi connectivity index (χ4n) is 2.59. The summed E-state index contributed by atoms with van der Waals surface area (Å²) in [5, 5.41) is 9.96. The van der Waals surface area contributed by atoms with Gasteiger partial charge in [0.15, 0.2) is 0 Å². The minimum atomic E-state index is -0.616. The molecule has 2 aromatic carbocycles. The summed E-state index contributed by atoms with van der Waals surface area (Å²) in [5.74, 6) is -0.734. The third-order valence-corrected chi connectivity index (χ3v) is 4.05. The van der Waals surface area contributed by atoms with E-state index in [0.29, 0.717) is 22.6 Å². The first kappa shape index (κ1) is 18.3. The number of methoxy groups -OCH3 is 1. The van der Waals surface area contributed by atoms with E-state index < -0.39 is 11.7 Å². The lowest BCUT2D eigenvalue weighted by Gasteiger charge is -2.08. The number of para-hydroxylation sites is 1. The highest BCUT2D eigenvalue weighted by Crippen LogP contribution is 2.30. The number of aliphatic imine (C=N–C) groups is 1. The second-order valence-electron chi connectivity index (χ2n) is 5.82. The van der Waals surface area contributed by atoms with E-state index in [2.05, 4.69) is 9.98 Å². The second kappa shape index (κ2) is 7.78. The van der Waals surface area contributed by atoms with Gasteiger partial charge in [0.25, 0.3) is 5.91 Å². The molecule has 27 heavy (non-hydrogen) atoms. The Hall–Kier alpha value is -3.54. The molecule has 5 nitrogen and oxygen atoms in total. The van der Waals surface area contributed by atoms with Crippen molar-refractivity contribution >= 4 is 12.1 Å². The Bertz CT molecular complexity index is 1030. The normalized spacial score (nSPS) is 10.9. The van der Waals surface area contributed by atoms with Crippen LogP contribution in [0, 0.1) is 12.7 Å². The molecule has 0 atom stereocenters. The summed E-state index contributed by atoms with van der Waals surface area (Å²) in [5.41, 5.74) is 1.76. The van der Waals surface area contributed by atoms with Gasteiger partial charge in [-0.05, 0) is 48.9 Å². The molecule has 0 saturated heterocycles. The molecule has 1 N–H and O–H groups in total. The first-order valence-electron chi connectivity index (χ1n) is 8.17. The van der Waals surface area contributed by atoms with Crippen LogP contribution in [0.3, 0.4) is 0 Å². The summed E-state index contributed by atoms with van der Waals surface area (Å²) in [6.45, 7) is 1.74. The summed E-state index contributed by atoms with van der Waals surface area (Å²) in [6, 6.07) is 12.5. The number of aryl methyl sites for hydroxylation is 1. The predicted molar refractivity (Wildman–Crippen MR) is 101 cm³/mol. The quantitative estimate of drug-likeness (QED) is 0.705. The number of pyridine rings is 1. The molecule has 6 heteroatoms. The van der Waals surface area contributed by atoms with Crippen molar-refractivity contribution in [1.82, 2.24) is 4.98 Å². The topological polar surface area (TPSA) is 71.8 Å². The van der Waals surface area contributed by atoms with Crippen LogP contribution in [0.25, 0.3) is 11.3 Å². The van der Waals surface area contributed by atoms with Gasteiger partial charge in [0.1, 0.15) is 23.0 Å². The van der Waals surface area contributed by atoms with Crippen LogP contribution in [0.2, 0.25) is 0 Å². The maximum absolute atomic E-state index is 14.6. The summed E-state index contributed by atoms with van der Waals surface area (Å²) in [7, 11) is 1.48. The van der Waals surface area contributed by atoms with E-state index in [9.17, 15) is 14.3 Å². The summed E-state index contributed by atoms with van der Waals surface area (Å²) in [4.78, 5) is 20.2. The van der Waals surface area contributed by atoms with Crippen molar-refractivity contribution in [3.05, 3.63) is 77.2 Å². The molecule has 0 spiro atoms. The number of benzene rings is 2. The van der Waals surface area contributed by atoms with Gasteiger partial charge in [0, 0.05) is 29.1 Å². The molecule has 0 radical (unpaired) electrons. The second-order valence-corrected chi connectivity index (χ2v) is 5.82. The molecule has 0 aliphatic heterocycles. The standard InChI is InChI=1S/C21H17FN2O3/c1-13-5-3-6-15(20(13)25)12-24-21(26)14-8-9-16(17(22)11-14)19-18(27-2)7-4-10-23-19/h3-12,25H,1-2H3. The van der Waals surface area contributed by atoms with Crippen molar-refractivity contribution in [3.8, 4) is 22.8 Å². The number of ether oxygens (including phenoxy) is 1. The lowest BCUT2D eigenvalue weighted by Crippen LogP contribution is -1.99. The summed E-state index contributed by atoms with van der Waals surface area (Å²) in [6.07, 6.45) is 2.80. The Morgan fingerprint density at radius 1 is 1.22 bits per heavy atom. The average Bonchev–Trinajstić information content (AvgIpc) is 2.68. The number of hydrogen-bond donors (Lipinski definition) is 1. The average molecular weight is 364 g/mol. The van der Waals surface area contributed by atoms with Crippen LogP contribution < -0.4 is 4.74 Å². The van der Waals surface area contributed by atoms with E-state index in [-0.39, 0.29) is 16.9 Å². The molecule has 0 fully saturated rings. The van der Waals surface area contributed by atoms with Gasteiger partial charge in [-0.2, -0.15) is 0 Å². The number of nitrogens with zero attached hydrogens (tertiary/aromatic N) is 2. The minimum absolute atomic E-state index is 0.0535. The highest BCUT2D eigenvalue weighted by Gasteiger charge is 2.14. The van der Waals surface area contributed by atoms with Crippen molar-refractivity contribution in [2.75, 3.05) is 7.11 Å². The lowest BCUT2D eigenvalue weighted by atomic mass is 10.1. The Labute approximate surface area is 155 Å². The van der Waals surface area contributed by atoms with E-state index in [4.69, 9.17) is 4.74 Å². The molecular formula is C21H17FN2O3. The monoisotopic (exact) mass is 364 g/mol. The number of halogens is 1. The van der Waals surface area contributed by atoms with Gasteiger partial charge in [-0.15, -0.1) is 0 Å². The number of aromatic hydroxyl groups is 1. The van der Waals surface area contributed by atoms with E-state index in [1.807, 2.05) is 0 Å². The number of carbonyl (C=O) groups excluding carboxylic acids is 1. The molecule has 3 rings (SSSR count). The van der Waals surface area contributed by atoms with Crippen LogP contribution in [0.15, 0.2) is 59.7 Å². The largest absolute Gasteiger partial charge is 0.507 e. The maximum Gasteiger partial charge on any atom is 0.277 e. The van der Waals surface area contributed by atoms with Crippen molar-refractivity contribution in [2.24, 2.45) is 4.99 Å². The van der Waals surface area contributed by atoms with Crippen LogP contribution in [-0.2, 0) is 0 Å². The zero-order valence-corrected chi connectivity index (χ0v) is 14.8. The van der Waals surface area contributed by atoms with Gasteiger partial charge in [-0.25, -0.2) is 9.38 Å². The lowest BCUT2D eigenvalue weighted by molar-refractivity contribution is 0.100. The molecule has 136 valence electrons. The number of rotatable bonds is 4. The molecule has 1 aromatic heterocycles. The molecule has 3 aromatic rings. The van der Waals surface area contributed by atoms with Crippen LogP contribution in [0.5, 0.6) is 11.5 Å². The minimum Gasteiger partial charge on any atom is -0.507 e. The molecule has 0 bridgehead atoms. The summed E-state index contributed by atoms with van der Waals surface area (Å²) >= 11 is 0. The van der Waals surface area contributed by atoms with Crippen molar-refractivity contribution < 1.29 is 19.0 Å². The predicted octanol–water partition coefficient (Wildman–Crippen LogP) is 4.17. The van der Waals surface area contributed by atoms with Gasteiger partial charge in [-0.3, -0.25) is 9.78 Å². The van der Waals surface area contributed by atoms with E-state index >= 15 is 0 Å². The number of carbonyl (C=O) groups is 1. The highest BCUT2D eigenvalue weighted by molar-refractivity contribution is 6.02. The van der Waals surface area contributed by atoms with Gasteiger partial charge in [-0.1, -0.05) is 12.1 Å². The van der Waals surface area contributed by atoms with Gasteiger partial charge in [0.05, 0.1) is 7.11 Å². The van der Waals surface area contributed by atoms with Crippen LogP contribution in [0.1, 0.15) is 21.5 Å². The van der Waals surface area contributed by atoms with Gasteiger partial charge >= 0.3 is 0 Å². The number of aromatic nitrogens is 1. The smallest absolute Gasteiger partial charge is 0.277 e. The molecular weight excluding hydrogens is 347 g/mol. The fraction of sp³-hybridized carbons (Fsp3) is 0.0952. The highest BCUT2D eigenvalue weighted by atomic mass is 19.1. The number of amides is 1. The molecule has 1 heterocycles. The Kier molecular flexibility index (Phi) is 5.26. The first-order valence-corrected chi connectivity index (χ1v) is 8.17.